The average Bonchev–Trinajstić information content (AvgIpc) is 2.56. The third-order valence-electron chi connectivity index (χ3n) is 3.29. The molecule has 1 heterocycles. The van der Waals surface area contributed by atoms with Gasteiger partial charge >= 0.3 is 0 Å². The van der Waals surface area contributed by atoms with Crippen molar-refractivity contribution >= 4 is 5.69 Å². The molecule has 0 radical (unpaired) electrons. The van der Waals surface area contributed by atoms with Gasteiger partial charge in [-0.2, -0.15) is 0 Å². The van der Waals surface area contributed by atoms with E-state index in [-0.39, 0.29) is 5.69 Å². The van der Waals surface area contributed by atoms with Crippen molar-refractivity contribution in [3.8, 4) is 22.3 Å². The highest BCUT2D eigenvalue weighted by atomic mass is 16.6. The molecule has 0 saturated heterocycles. The van der Waals surface area contributed by atoms with Crippen LogP contribution in [0.2, 0.25) is 0 Å². The van der Waals surface area contributed by atoms with Gasteiger partial charge in [-0.05, 0) is 34.9 Å². The average molecular weight is 276 g/mol. The lowest BCUT2D eigenvalue weighted by Crippen LogP contribution is -1.89. The first-order valence-electron chi connectivity index (χ1n) is 6.50. The Hall–Kier alpha value is -3.01. The molecule has 0 fully saturated rings. The molecule has 3 aromatic rings. The molecule has 3 rings (SSSR count). The number of aromatic nitrogens is 1. The smallest absolute Gasteiger partial charge is 0.264 e. The van der Waals surface area contributed by atoms with Crippen molar-refractivity contribution in [3.63, 3.8) is 0 Å². The SMILES string of the molecule is O=[N+]([O-])c1ccc(-c2ccncc2-c2ccccc2)cc1. The van der Waals surface area contributed by atoms with Crippen LogP contribution in [0.3, 0.4) is 0 Å². The molecular weight excluding hydrogens is 264 g/mol. The maximum Gasteiger partial charge on any atom is 0.269 e. The van der Waals surface area contributed by atoms with Gasteiger partial charge in [-0.25, -0.2) is 0 Å². The Kier molecular flexibility index (Phi) is 3.43. The van der Waals surface area contributed by atoms with Crippen molar-refractivity contribution in [1.82, 2.24) is 4.98 Å². The lowest BCUT2D eigenvalue weighted by atomic mass is 9.96. The number of non-ortho nitro benzene ring substituents is 1. The summed E-state index contributed by atoms with van der Waals surface area (Å²) < 4.78 is 0. The summed E-state index contributed by atoms with van der Waals surface area (Å²) in [5.74, 6) is 0. The van der Waals surface area contributed by atoms with Gasteiger partial charge in [0.15, 0.2) is 0 Å². The summed E-state index contributed by atoms with van der Waals surface area (Å²) >= 11 is 0. The zero-order valence-corrected chi connectivity index (χ0v) is 11.1. The molecule has 0 bridgehead atoms. The maximum atomic E-state index is 10.7. The number of rotatable bonds is 3. The molecule has 0 spiro atoms. The summed E-state index contributed by atoms with van der Waals surface area (Å²) in [5.41, 5.74) is 4.10. The molecular formula is C17H12N2O2. The number of hydrogen-bond donors (Lipinski definition) is 0. The molecule has 2 aromatic carbocycles. The van der Waals surface area contributed by atoms with Crippen molar-refractivity contribution in [1.29, 1.82) is 0 Å². The van der Waals surface area contributed by atoms with Crippen LogP contribution in [0.1, 0.15) is 0 Å². The minimum Gasteiger partial charge on any atom is -0.264 e. The molecule has 0 unspecified atom stereocenters. The van der Waals surface area contributed by atoms with Gasteiger partial charge in [0.25, 0.3) is 5.69 Å². The second-order valence-corrected chi connectivity index (χ2v) is 4.59. The summed E-state index contributed by atoms with van der Waals surface area (Å²) in [5, 5.41) is 10.7. The minimum absolute atomic E-state index is 0.0917. The first-order chi connectivity index (χ1) is 10.3. The Morgan fingerprint density at radius 2 is 1.48 bits per heavy atom. The lowest BCUT2D eigenvalue weighted by molar-refractivity contribution is -0.384. The van der Waals surface area contributed by atoms with Crippen LogP contribution in [0.15, 0.2) is 73.1 Å². The van der Waals surface area contributed by atoms with Crippen LogP contribution in [0, 0.1) is 10.1 Å². The fourth-order valence-electron chi connectivity index (χ4n) is 2.26. The van der Waals surface area contributed by atoms with E-state index in [1.165, 1.54) is 12.1 Å². The molecule has 1 aromatic heterocycles. The highest BCUT2D eigenvalue weighted by molar-refractivity contribution is 5.82. The fraction of sp³-hybridized carbons (Fsp3) is 0. The summed E-state index contributed by atoms with van der Waals surface area (Å²) in [6.07, 6.45) is 3.54. The maximum absolute atomic E-state index is 10.7. The second-order valence-electron chi connectivity index (χ2n) is 4.59. The van der Waals surface area contributed by atoms with Gasteiger partial charge in [0, 0.05) is 30.1 Å². The van der Waals surface area contributed by atoms with Crippen LogP contribution in [0.5, 0.6) is 0 Å². The van der Waals surface area contributed by atoms with E-state index < -0.39 is 4.92 Å². The van der Waals surface area contributed by atoms with Gasteiger partial charge in [0.05, 0.1) is 4.92 Å². The van der Waals surface area contributed by atoms with Crippen LogP contribution >= 0.6 is 0 Å². The van der Waals surface area contributed by atoms with Crippen LogP contribution in [0.25, 0.3) is 22.3 Å². The highest BCUT2D eigenvalue weighted by Crippen LogP contribution is 2.31. The largest absolute Gasteiger partial charge is 0.269 e. The molecule has 4 nitrogen and oxygen atoms in total. The minimum atomic E-state index is -0.394. The van der Waals surface area contributed by atoms with E-state index in [0.29, 0.717) is 0 Å². The van der Waals surface area contributed by atoms with Crippen molar-refractivity contribution in [2.24, 2.45) is 0 Å². The van der Waals surface area contributed by atoms with E-state index >= 15 is 0 Å². The summed E-state index contributed by atoms with van der Waals surface area (Å²) in [6, 6.07) is 18.4. The zero-order valence-electron chi connectivity index (χ0n) is 11.1. The number of nitro benzene ring substituents is 1. The van der Waals surface area contributed by atoms with Crippen molar-refractivity contribution in [3.05, 3.63) is 83.2 Å². The summed E-state index contributed by atoms with van der Waals surface area (Å²) in [6.45, 7) is 0. The van der Waals surface area contributed by atoms with Crippen LogP contribution in [-0.4, -0.2) is 9.91 Å². The van der Waals surface area contributed by atoms with Gasteiger partial charge < -0.3 is 0 Å². The van der Waals surface area contributed by atoms with E-state index in [4.69, 9.17) is 0 Å². The number of pyridine rings is 1. The number of nitrogens with zero attached hydrogens (tertiary/aromatic N) is 2. The molecule has 0 amide bonds. The number of hydrogen-bond acceptors (Lipinski definition) is 3. The zero-order chi connectivity index (χ0) is 14.7. The summed E-state index contributed by atoms with van der Waals surface area (Å²) in [4.78, 5) is 14.5. The van der Waals surface area contributed by atoms with Gasteiger partial charge in [0.2, 0.25) is 0 Å². The summed E-state index contributed by atoms with van der Waals surface area (Å²) in [7, 11) is 0. The third-order valence-corrected chi connectivity index (χ3v) is 3.29. The highest BCUT2D eigenvalue weighted by Gasteiger charge is 2.09. The second kappa shape index (κ2) is 5.54. The van der Waals surface area contributed by atoms with Crippen molar-refractivity contribution in [2.75, 3.05) is 0 Å². The van der Waals surface area contributed by atoms with Crippen molar-refractivity contribution < 1.29 is 4.92 Å². The molecule has 0 aliphatic rings. The molecule has 0 aliphatic heterocycles. The van der Waals surface area contributed by atoms with E-state index in [9.17, 15) is 10.1 Å². The Balaban J connectivity index is 2.09. The third kappa shape index (κ3) is 2.65. The van der Waals surface area contributed by atoms with Crippen LogP contribution < -0.4 is 0 Å². The Labute approximate surface area is 121 Å². The molecule has 4 heteroatoms. The van der Waals surface area contributed by atoms with E-state index in [0.717, 1.165) is 22.3 Å². The monoisotopic (exact) mass is 276 g/mol. The Bertz CT molecular complexity index is 768. The molecule has 0 N–H and O–H groups in total. The Morgan fingerprint density at radius 1 is 0.810 bits per heavy atom. The standard InChI is InChI=1S/C17H12N2O2/c20-19(21)15-8-6-14(7-9-15)16-10-11-18-12-17(16)13-4-2-1-3-5-13/h1-12H. The normalized spacial score (nSPS) is 10.3. The Morgan fingerprint density at radius 3 is 2.14 bits per heavy atom. The van der Waals surface area contributed by atoms with E-state index in [1.807, 2.05) is 42.6 Å². The quantitative estimate of drug-likeness (QED) is 0.528. The van der Waals surface area contributed by atoms with Gasteiger partial charge in [0.1, 0.15) is 0 Å². The predicted molar refractivity (Wildman–Crippen MR) is 81.8 cm³/mol. The molecule has 102 valence electrons. The molecule has 21 heavy (non-hydrogen) atoms. The lowest BCUT2D eigenvalue weighted by Gasteiger charge is -2.09. The van der Waals surface area contributed by atoms with Gasteiger partial charge in [-0.3, -0.25) is 15.1 Å². The van der Waals surface area contributed by atoms with Crippen molar-refractivity contribution in [2.45, 2.75) is 0 Å². The van der Waals surface area contributed by atoms with Crippen LogP contribution in [0.4, 0.5) is 5.69 Å². The first-order valence-corrected chi connectivity index (χ1v) is 6.50. The van der Waals surface area contributed by atoms with Crippen LogP contribution in [-0.2, 0) is 0 Å². The molecule has 0 aliphatic carbocycles. The van der Waals surface area contributed by atoms with Gasteiger partial charge in [-0.1, -0.05) is 30.3 Å². The topological polar surface area (TPSA) is 56.0 Å². The predicted octanol–water partition coefficient (Wildman–Crippen LogP) is 4.32. The fourth-order valence-corrected chi connectivity index (χ4v) is 2.26. The number of nitro groups is 1. The van der Waals surface area contributed by atoms with Gasteiger partial charge in [-0.15, -0.1) is 0 Å². The van der Waals surface area contributed by atoms with E-state index in [1.54, 1.807) is 18.3 Å². The number of benzene rings is 2. The van der Waals surface area contributed by atoms with E-state index in [2.05, 4.69) is 4.98 Å². The molecule has 0 atom stereocenters. The molecule has 0 saturated carbocycles. The first kappa shape index (κ1) is 13.0.